The van der Waals surface area contributed by atoms with Crippen LogP contribution in [0, 0.1) is 0 Å². The molecule has 0 heterocycles. The van der Waals surface area contributed by atoms with Gasteiger partial charge in [-0.25, -0.2) is 0 Å². The maximum atomic E-state index is 12.0. The van der Waals surface area contributed by atoms with Crippen LogP contribution in [0.1, 0.15) is 28.4 Å². The summed E-state index contributed by atoms with van der Waals surface area (Å²) in [6, 6.07) is 12.5. The Kier molecular flexibility index (Phi) is 6.79. The fraction of sp³-hybridized carbons (Fsp3) is 0.200. The first-order valence-corrected chi connectivity index (χ1v) is 8.16. The van der Waals surface area contributed by atoms with Crippen LogP contribution >= 0.6 is 0 Å². The van der Waals surface area contributed by atoms with Crippen molar-refractivity contribution in [1.29, 1.82) is 0 Å². The van der Waals surface area contributed by atoms with Gasteiger partial charge in [-0.05, 0) is 47.9 Å². The van der Waals surface area contributed by atoms with Gasteiger partial charge in [0.05, 0.1) is 14.2 Å². The Balaban J connectivity index is 1.93. The first kappa shape index (κ1) is 19.1. The van der Waals surface area contributed by atoms with Gasteiger partial charge >= 0.3 is 0 Å². The van der Waals surface area contributed by atoms with Crippen LogP contribution in [0.5, 0.6) is 11.5 Å². The second-order valence-electron chi connectivity index (χ2n) is 5.47. The van der Waals surface area contributed by atoms with Gasteiger partial charge in [-0.3, -0.25) is 20.4 Å². The summed E-state index contributed by atoms with van der Waals surface area (Å²) in [5, 5.41) is 0. The Morgan fingerprint density at radius 3 is 2.12 bits per heavy atom. The molecule has 6 heteroatoms. The Bertz CT molecular complexity index is 776. The molecule has 0 aliphatic rings. The topological polar surface area (TPSA) is 76.7 Å². The molecular formula is C20H22N2O4. The maximum absolute atomic E-state index is 12.0. The summed E-state index contributed by atoms with van der Waals surface area (Å²) < 4.78 is 10.4. The quantitative estimate of drug-likeness (QED) is 0.618. The predicted octanol–water partition coefficient (Wildman–Crippen LogP) is 2.74. The number of hydrogen-bond acceptors (Lipinski definition) is 4. The van der Waals surface area contributed by atoms with E-state index >= 15 is 0 Å². The summed E-state index contributed by atoms with van der Waals surface area (Å²) in [7, 11) is 3.11. The van der Waals surface area contributed by atoms with Crippen LogP contribution in [0.25, 0.3) is 6.08 Å². The number of methoxy groups -OCH3 is 2. The number of ether oxygens (including phenoxy) is 2. The molecular weight excluding hydrogens is 332 g/mol. The molecule has 2 aromatic carbocycles. The van der Waals surface area contributed by atoms with E-state index in [0.29, 0.717) is 17.1 Å². The summed E-state index contributed by atoms with van der Waals surface area (Å²) in [6.45, 7) is 2.04. The first-order chi connectivity index (χ1) is 12.5. The van der Waals surface area contributed by atoms with Crippen LogP contribution < -0.4 is 20.3 Å². The van der Waals surface area contributed by atoms with Crippen molar-refractivity contribution in [2.75, 3.05) is 14.2 Å². The average molecular weight is 354 g/mol. The molecule has 26 heavy (non-hydrogen) atoms. The van der Waals surface area contributed by atoms with E-state index < -0.39 is 5.91 Å². The molecule has 2 aromatic rings. The summed E-state index contributed by atoms with van der Waals surface area (Å²) >= 11 is 0. The number of hydrogen-bond donors (Lipinski definition) is 2. The molecule has 2 amide bonds. The molecule has 0 saturated heterocycles. The van der Waals surface area contributed by atoms with Crippen molar-refractivity contribution >= 4 is 17.9 Å². The minimum absolute atomic E-state index is 0.377. The van der Waals surface area contributed by atoms with Gasteiger partial charge in [0.2, 0.25) is 0 Å². The zero-order chi connectivity index (χ0) is 18.9. The highest BCUT2D eigenvalue weighted by Crippen LogP contribution is 2.23. The monoisotopic (exact) mass is 354 g/mol. The van der Waals surface area contributed by atoms with E-state index in [0.717, 1.165) is 17.5 Å². The molecule has 0 radical (unpaired) electrons. The molecule has 0 bridgehead atoms. The Labute approximate surface area is 152 Å². The first-order valence-electron chi connectivity index (χ1n) is 8.16. The second-order valence-corrected chi connectivity index (χ2v) is 5.47. The SMILES string of the molecule is CCc1ccc(C(=O)NNC(=O)/C=C/c2cc(OC)cc(OC)c2)cc1. The van der Waals surface area contributed by atoms with Crippen molar-refractivity contribution in [2.45, 2.75) is 13.3 Å². The van der Waals surface area contributed by atoms with Gasteiger partial charge in [-0.1, -0.05) is 19.1 Å². The van der Waals surface area contributed by atoms with E-state index in [1.54, 1.807) is 50.6 Å². The molecule has 0 aromatic heterocycles. The largest absolute Gasteiger partial charge is 0.497 e. The van der Waals surface area contributed by atoms with E-state index in [1.807, 2.05) is 19.1 Å². The summed E-state index contributed by atoms with van der Waals surface area (Å²) in [5.41, 5.74) is 7.08. The third-order valence-electron chi connectivity index (χ3n) is 3.72. The second kappa shape index (κ2) is 9.27. The molecule has 0 unspecified atom stereocenters. The van der Waals surface area contributed by atoms with Crippen LogP contribution in [-0.4, -0.2) is 26.0 Å². The summed E-state index contributed by atoms with van der Waals surface area (Å²) in [5.74, 6) is 0.407. The summed E-state index contributed by atoms with van der Waals surface area (Å²) in [6.07, 6.45) is 3.82. The number of carbonyl (C=O) groups excluding carboxylic acids is 2. The van der Waals surface area contributed by atoms with Crippen molar-refractivity contribution < 1.29 is 19.1 Å². The van der Waals surface area contributed by atoms with E-state index in [4.69, 9.17) is 9.47 Å². The lowest BCUT2D eigenvalue weighted by Gasteiger charge is -2.07. The number of hydrazine groups is 1. The highest BCUT2D eigenvalue weighted by molar-refractivity contribution is 5.97. The lowest BCUT2D eigenvalue weighted by atomic mass is 10.1. The third kappa shape index (κ3) is 5.37. The molecule has 6 nitrogen and oxygen atoms in total. The molecule has 2 N–H and O–H groups in total. The smallest absolute Gasteiger partial charge is 0.269 e. The van der Waals surface area contributed by atoms with Crippen LogP contribution in [0.3, 0.4) is 0 Å². The van der Waals surface area contributed by atoms with Crippen molar-refractivity contribution in [3.05, 3.63) is 65.2 Å². The minimum Gasteiger partial charge on any atom is -0.497 e. The van der Waals surface area contributed by atoms with Crippen LogP contribution in [-0.2, 0) is 11.2 Å². The van der Waals surface area contributed by atoms with Crippen LogP contribution in [0.4, 0.5) is 0 Å². The predicted molar refractivity (Wildman–Crippen MR) is 100 cm³/mol. The molecule has 0 spiro atoms. The van der Waals surface area contributed by atoms with Crippen LogP contribution in [0.2, 0.25) is 0 Å². The number of amides is 2. The standard InChI is InChI=1S/C20H22N2O4/c1-4-14-5-8-16(9-6-14)20(24)22-21-19(23)10-7-15-11-17(25-2)13-18(12-15)26-3/h5-13H,4H2,1-3H3,(H,21,23)(H,22,24)/b10-7+. The maximum Gasteiger partial charge on any atom is 0.269 e. The Hall–Kier alpha value is -3.28. The molecule has 2 rings (SSSR count). The number of rotatable bonds is 6. The van der Waals surface area contributed by atoms with E-state index in [-0.39, 0.29) is 5.91 Å². The number of nitrogens with one attached hydrogen (secondary N) is 2. The lowest BCUT2D eigenvalue weighted by Crippen LogP contribution is -2.40. The number of benzene rings is 2. The van der Waals surface area contributed by atoms with Gasteiger partial charge in [0.1, 0.15) is 11.5 Å². The normalized spacial score (nSPS) is 10.4. The molecule has 0 aliphatic heterocycles. The fourth-order valence-electron chi connectivity index (χ4n) is 2.22. The molecule has 0 aliphatic carbocycles. The molecule has 0 saturated carbocycles. The van der Waals surface area contributed by atoms with Gasteiger partial charge in [-0.15, -0.1) is 0 Å². The average Bonchev–Trinajstić information content (AvgIpc) is 2.70. The molecule has 0 atom stereocenters. The Morgan fingerprint density at radius 2 is 1.58 bits per heavy atom. The van der Waals surface area contributed by atoms with Gasteiger partial charge in [0, 0.05) is 17.7 Å². The van der Waals surface area contributed by atoms with Gasteiger partial charge in [0.15, 0.2) is 0 Å². The highest BCUT2D eigenvalue weighted by Gasteiger charge is 2.06. The van der Waals surface area contributed by atoms with Gasteiger partial charge < -0.3 is 9.47 Å². The Morgan fingerprint density at radius 1 is 0.962 bits per heavy atom. The van der Waals surface area contributed by atoms with Crippen molar-refractivity contribution in [1.82, 2.24) is 10.9 Å². The fourth-order valence-corrected chi connectivity index (χ4v) is 2.22. The lowest BCUT2D eigenvalue weighted by molar-refractivity contribution is -0.117. The van der Waals surface area contributed by atoms with Gasteiger partial charge in [-0.2, -0.15) is 0 Å². The zero-order valence-electron chi connectivity index (χ0n) is 15.0. The van der Waals surface area contributed by atoms with Gasteiger partial charge in [0.25, 0.3) is 11.8 Å². The van der Waals surface area contributed by atoms with Crippen molar-refractivity contribution in [2.24, 2.45) is 0 Å². The van der Waals surface area contributed by atoms with E-state index in [2.05, 4.69) is 10.9 Å². The van der Waals surface area contributed by atoms with E-state index in [1.165, 1.54) is 6.08 Å². The zero-order valence-corrected chi connectivity index (χ0v) is 15.0. The molecule has 136 valence electrons. The van der Waals surface area contributed by atoms with Crippen molar-refractivity contribution in [3.8, 4) is 11.5 Å². The number of aryl methyl sites for hydroxylation is 1. The highest BCUT2D eigenvalue weighted by atomic mass is 16.5. The van der Waals surface area contributed by atoms with Crippen molar-refractivity contribution in [3.63, 3.8) is 0 Å². The molecule has 0 fully saturated rings. The number of carbonyl (C=O) groups is 2. The van der Waals surface area contributed by atoms with E-state index in [9.17, 15) is 9.59 Å². The van der Waals surface area contributed by atoms with Crippen LogP contribution in [0.15, 0.2) is 48.5 Å². The minimum atomic E-state index is -0.453. The third-order valence-corrected chi connectivity index (χ3v) is 3.72. The summed E-state index contributed by atoms with van der Waals surface area (Å²) in [4.78, 5) is 23.9.